The molecule has 27 heavy (non-hydrogen) atoms. The van der Waals surface area contributed by atoms with E-state index in [-0.39, 0.29) is 23.7 Å². The second-order valence-corrected chi connectivity index (χ2v) is 6.49. The number of phenols is 1. The summed E-state index contributed by atoms with van der Waals surface area (Å²) in [6.45, 7) is 0.411. The molecule has 138 valence electrons. The molecule has 0 aliphatic carbocycles. The number of phenolic OH excluding ortho intramolecular Hbond substituents is 1. The summed E-state index contributed by atoms with van der Waals surface area (Å²) in [6.07, 6.45) is 4.16. The van der Waals surface area contributed by atoms with E-state index < -0.39 is 0 Å². The van der Waals surface area contributed by atoms with Gasteiger partial charge in [0.15, 0.2) is 0 Å². The van der Waals surface area contributed by atoms with Crippen LogP contribution in [0.4, 0.5) is 0 Å². The van der Waals surface area contributed by atoms with Crippen LogP contribution in [-0.4, -0.2) is 26.8 Å². The fourth-order valence-corrected chi connectivity index (χ4v) is 3.31. The minimum atomic E-state index is -0.369. The molecular weight excluding hydrogens is 342 g/mol. The average Bonchev–Trinajstić information content (AvgIpc) is 3.39. The van der Waals surface area contributed by atoms with E-state index in [1.54, 1.807) is 23.0 Å². The molecule has 2 unspecified atom stereocenters. The van der Waals surface area contributed by atoms with Gasteiger partial charge in [-0.1, -0.05) is 36.4 Å². The molecule has 2 atom stereocenters. The van der Waals surface area contributed by atoms with E-state index in [1.165, 1.54) is 0 Å². The summed E-state index contributed by atoms with van der Waals surface area (Å²) in [5.41, 5.74) is 8.81. The summed E-state index contributed by atoms with van der Waals surface area (Å²) in [4.78, 5) is 12.6. The van der Waals surface area contributed by atoms with Crippen LogP contribution < -0.4 is 16.2 Å². The van der Waals surface area contributed by atoms with Gasteiger partial charge in [0.05, 0.1) is 11.7 Å². The Morgan fingerprint density at radius 3 is 2.78 bits per heavy atom. The highest BCUT2D eigenvalue weighted by Gasteiger charge is 2.31. The number of para-hydroxylation sites is 2. The van der Waals surface area contributed by atoms with Crippen LogP contribution in [0.5, 0.6) is 5.75 Å². The molecule has 7 heteroatoms. The van der Waals surface area contributed by atoms with Gasteiger partial charge in [0.2, 0.25) is 5.91 Å². The molecule has 1 aliphatic rings. The Morgan fingerprint density at radius 2 is 1.96 bits per heavy atom. The minimum absolute atomic E-state index is 0.0873. The summed E-state index contributed by atoms with van der Waals surface area (Å²) < 4.78 is 1.78. The average molecular weight is 363 g/mol. The van der Waals surface area contributed by atoms with Crippen molar-refractivity contribution >= 4 is 5.91 Å². The van der Waals surface area contributed by atoms with Gasteiger partial charge in [-0.2, -0.15) is 5.10 Å². The second-order valence-electron chi connectivity index (χ2n) is 6.49. The van der Waals surface area contributed by atoms with Crippen LogP contribution in [-0.2, 0) is 11.3 Å². The van der Waals surface area contributed by atoms with Crippen LogP contribution in [0.3, 0.4) is 0 Å². The van der Waals surface area contributed by atoms with Gasteiger partial charge in [0, 0.05) is 24.5 Å². The maximum Gasteiger partial charge on any atom is 0.238 e. The van der Waals surface area contributed by atoms with Crippen LogP contribution in [0, 0.1) is 0 Å². The van der Waals surface area contributed by atoms with Crippen molar-refractivity contribution in [2.45, 2.75) is 25.0 Å². The molecule has 1 aromatic heterocycles. The number of rotatable bonds is 5. The fraction of sp³-hybridized carbons (Fsp3) is 0.200. The van der Waals surface area contributed by atoms with E-state index in [0.29, 0.717) is 13.0 Å². The third-order valence-electron chi connectivity index (χ3n) is 4.73. The number of hydrogen-bond donors (Lipinski definition) is 4. The Labute approximate surface area is 157 Å². The summed E-state index contributed by atoms with van der Waals surface area (Å²) >= 11 is 0. The normalized spacial score (nSPS) is 19.1. The highest BCUT2D eigenvalue weighted by atomic mass is 16.3. The number of aromatic nitrogens is 2. The third kappa shape index (κ3) is 3.69. The first-order valence-corrected chi connectivity index (χ1v) is 8.87. The zero-order valence-corrected chi connectivity index (χ0v) is 14.7. The minimum Gasteiger partial charge on any atom is -0.508 e. The largest absolute Gasteiger partial charge is 0.508 e. The Balaban J connectivity index is 1.39. The quantitative estimate of drug-likeness (QED) is 0.555. The predicted molar refractivity (Wildman–Crippen MR) is 101 cm³/mol. The van der Waals surface area contributed by atoms with Crippen LogP contribution in [0.25, 0.3) is 5.69 Å². The van der Waals surface area contributed by atoms with Crippen molar-refractivity contribution in [3.63, 3.8) is 0 Å². The van der Waals surface area contributed by atoms with Gasteiger partial charge < -0.3 is 10.4 Å². The van der Waals surface area contributed by atoms with Crippen molar-refractivity contribution in [2.24, 2.45) is 0 Å². The number of carbonyl (C=O) groups excluding carboxylic acids is 1. The summed E-state index contributed by atoms with van der Waals surface area (Å²) in [5.74, 6) is 0.140. The van der Waals surface area contributed by atoms with Crippen molar-refractivity contribution in [3.05, 3.63) is 78.1 Å². The van der Waals surface area contributed by atoms with Gasteiger partial charge in [-0.05, 0) is 30.2 Å². The van der Waals surface area contributed by atoms with Crippen LogP contribution in [0.15, 0.2) is 67.0 Å². The van der Waals surface area contributed by atoms with Crippen LogP contribution >= 0.6 is 0 Å². The summed E-state index contributed by atoms with van der Waals surface area (Å²) in [5, 5.41) is 17.2. The lowest BCUT2D eigenvalue weighted by molar-refractivity contribution is -0.123. The van der Waals surface area contributed by atoms with Gasteiger partial charge in [-0.15, -0.1) is 0 Å². The Bertz CT molecular complexity index is 926. The maximum atomic E-state index is 12.6. The number of aromatic hydroxyl groups is 1. The molecule has 7 nitrogen and oxygen atoms in total. The van der Waals surface area contributed by atoms with Gasteiger partial charge in [0.25, 0.3) is 0 Å². The molecule has 2 heterocycles. The lowest BCUT2D eigenvalue weighted by Gasteiger charge is -2.13. The van der Waals surface area contributed by atoms with Crippen molar-refractivity contribution in [3.8, 4) is 11.4 Å². The van der Waals surface area contributed by atoms with E-state index in [2.05, 4.69) is 21.3 Å². The van der Waals surface area contributed by atoms with Crippen LogP contribution in [0.1, 0.15) is 23.6 Å². The predicted octanol–water partition coefficient (Wildman–Crippen LogP) is 1.80. The topological polar surface area (TPSA) is 91.2 Å². The summed E-state index contributed by atoms with van der Waals surface area (Å²) in [6, 6.07) is 16.4. The van der Waals surface area contributed by atoms with Crippen molar-refractivity contribution in [2.75, 3.05) is 0 Å². The van der Waals surface area contributed by atoms with Gasteiger partial charge in [0.1, 0.15) is 11.8 Å². The first kappa shape index (κ1) is 17.3. The molecule has 4 rings (SSSR count). The number of nitrogens with one attached hydrogen (secondary N) is 3. The van der Waals surface area contributed by atoms with E-state index in [1.807, 2.05) is 48.7 Å². The molecule has 1 saturated heterocycles. The van der Waals surface area contributed by atoms with E-state index in [0.717, 1.165) is 16.8 Å². The molecule has 0 saturated carbocycles. The molecule has 1 aliphatic heterocycles. The molecule has 3 aromatic rings. The van der Waals surface area contributed by atoms with Crippen molar-refractivity contribution < 1.29 is 9.90 Å². The van der Waals surface area contributed by atoms with Gasteiger partial charge in [-0.3, -0.25) is 4.79 Å². The molecule has 0 radical (unpaired) electrons. The summed E-state index contributed by atoms with van der Waals surface area (Å²) in [7, 11) is 0. The zero-order chi connectivity index (χ0) is 18.6. The standard InChI is InChI=1S/C20H21N5O2/c26-19-9-4-2-7-15(19)16-12-17(24-23-16)20(27)21-13-14-6-1-3-8-18(14)25-11-5-10-22-25/h1-11,16-17,23-24,26H,12-13H2,(H,21,27). The van der Waals surface area contributed by atoms with Gasteiger partial charge in [-0.25, -0.2) is 15.5 Å². The van der Waals surface area contributed by atoms with E-state index in [9.17, 15) is 9.90 Å². The van der Waals surface area contributed by atoms with E-state index >= 15 is 0 Å². The number of amides is 1. The number of hydrogen-bond acceptors (Lipinski definition) is 5. The zero-order valence-electron chi connectivity index (χ0n) is 14.7. The maximum absolute atomic E-state index is 12.6. The fourth-order valence-electron chi connectivity index (χ4n) is 3.31. The lowest BCUT2D eigenvalue weighted by atomic mass is 10.0. The number of benzene rings is 2. The molecule has 4 N–H and O–H groups in total. The molecule has 1 amide bonds. The number of carbonyl (C=O) groups is 1. The first-order chi connectivity index (χ1) is 13.2. The SMILES string of the molecule is O=C(NCc1ccccc1-n1cccn1)C1CC(c2ccccc2O)NN1. The second kappa shape index (κ2) is 7.61. The highest BCUT2D eigenvalue weighted by molar-refractivity contribution is 5.82. The monoisotopic (exact) mass is 363 g/mol. The van der Waals surface area contributed by atoms with Crippen LogP contribution in [0.2, 0.25) is 0 Å². The van der Waals surface area contributed by atoms with Crippen molar-refractivity contribution in [1.29, 1.82) is 0 Å². The number of nitrogens with zero attached hydrogens (tertiary/aromatic N) is 2. The Morgan fingerprint density at radius 1 is 1.15 bits per heavy atom. The Hall–Kier alpha value is -3.16. The van der Waals surface area contributed by atoms with Gasteiger partial charge >= 0.3 is 0 Å². The number of hydrazine groups is 1. The molecule has 1 fully saturated rings. The molecule has 0 bridgehead atoms. The molecule has 0 spiro atoms. The Kier molecular flexibility index (Phi) is 4.86. The third-order valence-corrected chi connectivity index (χ3v) is 4.73. The lowest BCUT2D eigenvalue weighted by Crippen LogP contribution is -2.43. The highest BCUT2D eigenvalue weighted by Crippen LogP contribution is 2.29. The van der Waals surface area contributed by atoms with Crippen molar-refractivity contribution in [1.82, 2.24) is 25.9 Å². The smallest absolute Gasteiger partial charge is 0.238 e. The molecular formula is C20H21N5O2. The molecule has 2 aromatic carbocycles. The van der Waals surface area contributed by atoms with E-state index in [4.69, 9.17) is 0 Å². The first-order valence-electron chi connectivity index (χ1n) is 8.87.